The smallest absolute Gasteiger partial charge is 0.158 e. The Morgan fingerprint density at radius 2 is 2.45 bits per heavy atom. The fourth-order valence-corrected chi connectivity index (χ4v) is 0.970. The van der Waals surface area contributed by atoms with E-state index in [0.29, 0.717) is 5.17 Å². The lowest BCUT2D eigenvalue weighted by atomic mass is 10.6. The first kappa shape index (κ1) is 10.3. The number of hydrogen-bond acceptors (Lipinski definition) is 2. The van der Waals surface area contributed by atoms with Gasteiger partial charge in [-0.15, -0.1) is 0 Å². The van der Waals surface area contributed by atoms with Crippen LogP contribution >= 0.6 is 11.8 Å². The number of hydrogen-bond donors (Lipinski definition) is 1. The van der Waals surface area contributed by atoms with Crippen LogP contribution in [0.3, 0.4) is 0 Å². The molecular weight excluding hydrogens is 156 g/mol. The van der Waals surface area contributed by atoms with E-state index in [0.717, 1.165) is 12.2 Å². The van der Waals surface area contributed by atoms with Crippen molar-refractivity contribution in [3.8, 4) is 0 Å². The Hall–Kier alpha value is -0.700. The zero-order valence-electron chi connectivity index (χ0n) is 6.79. The van der Waals surface area contributed by atoms with Crippen LogP contribution in [0.1, 0.15) is 13.3 Å². The monoisotopic (exact) mass is 170 g/mol. The molecule has 2 nitrogen and oxygen atoms in total. The Labute approximate surface area is 72.3 Å². The number of aliphatic imine (C=N–C) groups is 1. The number of thioether (sulfide) groups is 1. The summed E-state index contributed by atoms with van der Waals surface area (Å²) in [6.07, 6.45) is 6.18. The molecule has 2 N–H and O–H groups in total. The zero-order chi connectivity index (χ0) is 8.53. The van der Waals surface area contributed by atoms with E-state index in [1.54, 1.807) is 30.1 Å². The average molecular weight is 170 g/mol. The lowest BCUT2D eigenvalue weighted by Gasteiger charge is -1.94. The molecule has 0 aliphatic carbocycles. The molecule has 0 spiro atoms. The van der Waals surface area contributed by atoms with Gasteiger partial charge in [0, 0.05) is 12.0 Å². The summed E-state index contributed by atoms with van der Waals surface area (Å²) in [5, 5.41) is 0.616. The first-order valence-corrected chi connectivity index (χ1v) is 4.53. The highest BCUT2D eigenvalue weighted by atomic mass is 32.2. The third-order valence-electron chi connectivity index (χ3n) is 0.878. The van der Waals surface area contributed by atoms with Gasteiger partial charge in [0.1, 0.15) is 0 Å². The van der Waals surface area contributed by atoms with Gasteiger partial charge in [0.25, 0.3) is 0 Å². The summed E-state index contributed by atoms with van der Waals surface area (Å²) in [7, 11) is 0. The van der Waals surface area contributed by atoms with Gasteiger partial charge in [0.15, 0.2) is 5.17 Å². The molecule has 0 radical (unpaired) electrons. The van der Waals surface area contributed by atoms with E-state index < -0.39 is 0 Å². The van der Waals surface area contributed by atoms with E-state index in [1.165, 1.54) is 0 Å². The molecule has 0 fully saturated rings. The summed E-state index contributed by atoms with van der Waals surface area (Å²) in [6.45, 7) is 5.63. The van der Waals surface area contributed by atoms with Crippen molar-refractivity contribution in [1.29, 1.82) is 0 Å². The highest BCUT2D eigenvalue weighted by Gasteiger charge is 1.87. The standard InChI is InChI=1S/C8H14N2S/c1-3-5-6-10-8(9)11-7-4-2/h3,5-6H,1,4,7H2,2H3,(H2,9,10)/b6-5-. The lowest BCUT2D eigenvalue weighted by Crippen LogP contribution is -2.05. The van der Waals surface area contributed by atoms with Gasteiger partial charge in [-0.05, 0) is 12.5 Å². The van der Waals surface area contributed by atoms with Gasteiger partial charge in [0.2, 0.25) is 0 Å². The van der Waals surface area contributed by atoms with E-state index in [4.69, 9.17) is 5.73 Å². The molecule has 0 heterocycles. The van der Waals surface area contributed by atoms with Crippen LogP contribution in [-0.4, -0.2) is 10.9 Å². The van der Waals surface area contributed by atoms with Crippen molar-refractivity contribution in [2.45, 2.75) is 13.3 Å². The van der Waals surface area contributed by atoms with Crippen molar-refractivity contribution in [3.05, 3.63) is 24.9 Å². The largest absolute Gasteiger partial charge is 0.378 e. The minimum Gasteiger partial charge on any atom is -0.378 e. The summed E-state index contributed by atoms with van der Waals surface area (Å²) < 4.78 is 0. The molecular formula is C8H14N2S. The maximum atomic E-state index is 5.53. The highest BCUT2D eigenvalue weighted by molar-refractivity contribution is 8.13. The Balaban J connectivity index is 3.61. The molecule has 0 amide bonds. The van der Waals surface area contributed by atoms with Crippen molar-refractivity contribution in [2.75, 3.05) is 5.75 Å². The van der Waals surface area contributed by atoms with E-state index in [9.17, 15) is 0 Å². The molecule has 0 unspecified atom stereocenters. The Morgan fingerprint density at radius 3 is 3.00 bits per heavy atom. The molecule has 0 aromatic rings. The highest BCUT2D eigenvalue weighted by Crippen LogP contribution is 2.01. The molecule has 0 atom stereocenters. The second kappa shape index (κ2) is 7.41. The van der Waals surface area contributed by atoms with Crippen LogP contribution in [0.15, 0.2) is 29.9 Å². The third kappa shape index (κ3) is 7.19. The van der Waals surface area contributed by atoms with Crippen molar-refractivity contribution in [2.24, 2.45) is 10.7 Å². The summed E-state index contributed by atoms with van der Waals surface area (Å²) in [5.74, 6) is 1.03. The van der Waals surface area contributed by atoms with E-state index in [-0.39, 0.29) is 0 Å². The van der Waals surface area contributed by atoms with Crippen molar-refractivity contribution in [1.82, 2.24) is 0 Å². The van der Waals surface area contributed by atoms with Crippen molar-refractivity contribution >= 4 is 16.9 Å². The number of nitrogens with two attached hydrogens (primary N) is 1. The molecule has 0 aromatic carbocycles. The van der Waals surface area contributed by atoms with E-state index in [2.05, 4.69) is 18.5 Å². The fourth-order valence-electron chi connectivity index (χ4n) is 0.421. The van der Waals surface area contributed by atoms with Crippen LogP contribution in [0.5, 0.6) is 0 Å². The van der Waals surface area contributed by atoms with Crippen molar-refractivity contribution in [3.63, 3.8) is 0 Å². The van der Waals surface area contributed by atoms with Crippen LogP contribution in [0.25, 0.3) is 0 Å². The number of amidine groups is 1. The van der Waals surface area contributed by atoms with E-state index in [1.807, 2.05) is 0 Å². The van der Waals surface area contributed by atoms with Crippen LogP contribution in [-0.2, 0) is 0 Å². The minimum atomic E-state index is 0.616. The maximum absolute atomic E-state index is 5.53. The normalized spacial score (nSPS) is 12.3. The molecule has 0 saturated carbocycles. The van der Waals surface area contributed by atoms with Gasteiger partial charge in [-0.2, -0.15) is 0 Å². The van der Waals surface area contributed by atoms with E-state index >= 15 is 0 Å². The third-order valence-corrected chi connectivity index (χ3v) is 1.89. The van der Waals surface area contributed by atoms with Crippen LogP contribution in [0.2, 0.25) is 0 Å². The summed E-state index contributed by atoms with van der Waals surface area (Å²) in [5.41, 5.74) is 5.53. The Kier molecular flexibility index (Phi) is 6.94. The fraction of sp³-hybridized carbons (Fsp3) is 0.375. The topological polar surface area (TPSA) is 38.4 Å². The van der Waals surface area contributed by atoms with Gasteiger partial charge >= 0.3 is 0 Å². The molecule has 3 heteroatoms. The van der Waals surface area contributed by atoms with Gasteiger partial charge in [-0.1, -0.05) is 31.3 Å². The molecule has 62 valence electrons. The second-order valence-electron chi connectivity index (χ2n) is 1.89. The van der Waals surface area contributed by atoms with Crippen LogP contribution < -0.4 is 5.73 Å². The molecule has 0 saturated heterocycles. The SMILES string of the molecule is C=C/C=C\N=C(N)SCCC. The first-order chi connectivity index (χ1) is 5.31. The Bertz CT molecular complexity index is 161. The van der Waals surface area contributed by atoms with Crippen LogP contribution in [0.4, 0.5) is 0 Å². The molecule has 0 bridgehead atoms. The molecule has 0 aliphatic rings. The minimum absolute atomic E-state index is 0.616. The first-order valence-electron chi connectivity index (χ1n) is 3.55. The van der Waals surface area contributed by atoms with Gasteiger partial charge < -0.3 is 5.73 Å². The van der Waals surface area contributed by atoms with Gasteiger partial charge in [-0.3, -0.25) is 0 Å². The number of allylic oxidation sites excluding steroid dienone is 2. The quantitative estimate of drug-likeness (QED) is 0.399. The average Bonchev–Trinajstić information content (AvgIpc) is 2.01. The number of rotatable bonds is 4. The zero-order valence-corrected chi connectivity index (χ0v) is 7.60. The maximum Gasteiger partial charge on any atom is 0.158 e. The summed E-state index contributed by atoms with van der Waals surface area (Å²) >= 11 is 1.57. The summed E-state index contributed by atoms with van der Waals surface area (Å²) in [4.78, 5) is 3.96. The summed E-state index contributed by atoms with van der Waals surface area (Å²) in [6, 6.07) is 0. The van der Waals surface area contributed by atoms with Gasteiger partial charge in [-0.25, -0.2) is 4.99 Å². The lowest BCUT2D eigenvalue weighted by molar-refractivity contribution is 1.11. The van der Waals surface area contributed by atoms with Crippen LogP contribution in [0, 0.1) is 0 Å². The second-order valence-corrected chi connectivity index (χ2v) is 3.01. The molecule has 0 aliphatic heterocycles. The number of nitrogens with zero attached hydrogens (tertiary/aromatic N) is 1. The Morgan fingerprint density at radius 1 is 1.73 bits per heavy atom. The van der Waals surface area contributed by atoms with Gasteiger partial charge in [0.05, 0.1) is 0 Å². The predicted octanol–water partition coefficient (Wildman–Crippen LogP) is 2.14. The molecule has 11 heavy (non-hydrogen) atoms. The van der Waals surface area contributed by atoms with Crippen molar-refractivity contribution < 1.29 is 0 Å². The predicted molar refractivity (Wildman–Crippen MR) is 53.7 cm³/mol. The molecule has 0 aromatic heterocycles. The molecule has 0 rings (SSSR count).